The Balaban J connectivity index is 1.78. The van der Waals surface area contributed by atoms with Gasteiger partial charge in [0.2, 0.25) is 9.84 Å². The van der Waals surface area contributed by atoms with Crippen molar-refractivity contribution < 1.29 is 17.9 Å². The molecule has 0 bridgehead atoms. The summed E-state index contributed by atoms with van der Waals surface area (Å²) in [6.07, 6.45) is 1.07. The third-order valence-electron chi connectivity index (χ3n) is 3.61. The van der Waals surface area contributed by atoms with Crippen molar-refractivity contribution in [1.29, 1.82) is 0 Å². The third-order valence-corrected chi connectivity index (χ3v) is 5.40. The standard InChI is InChI=1S/C17H18O4S/c1-2-13-3-7-16(8-4-13)22(18,19)17-9-5-14(6-10-17)20-11-15-12-21-15/h3-10,15H,2,11-12H2,1H3. The van der Waals surface area contributed by atoms with E-state index in [1.165, 1.54) is 0 Å². The molecule has 0 radical (unpaired) electrons. The van der Waals surface area contributed by atoms with E-state index < -0.39 is 9.84 Å². The summed E-state index contributed by atoms with van der Waals surface area (Å²) in [6.45, 7) is 3.28. The fourth-order valence-electron chi connectivity index (χ4n) is 2.11. The highest BCUT2D eigenvalue weighted by atomic mass is 32.2. The summed E-state index contributed by atoms with van der Waals surface area (Å²) in [5, 5.41) is 0. The molecule has 0 saturated carbocycles. The summed E-state index contributed by atoms with van der Waals surface area (Å²) < 4.78 is 35.7. The van der Waals surface area contributed by atoms with Crippen molar-refractivity contribution in [1.82, 2.24) is 0 Å². The number of aryl methyl sites for hydroxylation is 1. The van der Waals surface area contributed by atoms with Gasteiger partial charge in [-0.15, -0.1) is 0 Å². The van der Waals surface area contributed by atoms with E-state index in [1.54, 1.807) is 36.4 Å². The number of rotatable bonds is 6. The maximum absolute atomic E-state index is 12.6. The van der Waals surface area contributed by atoms with Crippen LogP contribution in [0, 0.1) is 0 Å². The van der Waals surface area contributed by atoms with Crippen LogP contribution in [-0.2, 0) is 21.0 Å². The second kappa shape index (κ2) is 6.10. The molecule has 0 aliphatic carbocycles. The number of ether oxygens (including phenoxy) is 2. The molecule has 1 saturated heterocycles. The van der Waals surface area contributed by atoms with Crippen LogP contribution in [0.1, 0.15) is 12.5 Å². The SMILES string of the molecule is CCc1ccc(S(=O)(=O)c2ccc(OCC3CO3)cc2)cc1. The summed E-state index contributed by atoms with van der Waals surface area (Å²) in [7, 11) is -3.48. The average molecular weight is 318 g/mol. The van der Waals surface area contributed by atoms with Gasteiger partial charge in [0.25, 0.3) is 0 Å². The van der Waals surface area contributed by atoms with Crippen LogP contribution in [0.25, 0.3) is 0 Å². The highest BCUT2D eigenvalue weighted by molar-refractivity contribution is 7.91. The first-order valence-corrected chi connectivity index (χ1v) is 8.76. The molecule has 0 aromatic heterocycles. The topological polar surface area (TPSA) is 55.9 Å². The number of sulfone groups is 1. The smallest absolute Gasteiger partial charge is 0.206 e. The number of epoxide rings is 1. The van der Waals surface area contributed by atoms with Gasteiger partial charge in [-0.05, 0) is 48.4 Å². The van der Waals surface area contributed by atoms with Crippen LogP contribution in [0.2, 0.25) is 0 Å². The van der Waals surface area contributed by atoms with E-state index in [2.05, 4.69) is 0 Å². The summed E-state index contributed by atoms with van der Waals surface area (Å²) in [5.74, 6) is 0.649. The Labute approximate surface area is 130 Å². The molecule has 3 rings (SSSR count). The van der Waals surface area contributed by atoms with Gasteiger partial charge in [-0.1, -0.05) is 19.1 Å². The van der Waals surface area contributed by atoms with Gasteiger partial charge in [-0.2, -0.15) is 0 Å². The first kappa shape index (κ1) is 15.1. The predicted octanol–water partition coefficient (Wildman–Crippen LogP) is 2.86. The molecule has 2 aromatic rings. The summed E-state index contributed by atoms with van der Waals surface area (Å²) in [6, 6.07) is 13.5. The molecule has 0 N–H and O–H groups in total. The van der Waals surface area contributed by atoms with Crippen molar-refractivity contribution in [2.75, 3.05) is 13.2 Å². The molecule has 116 valence electrons. The molecule has 0 spiro atoms. The highest BCUT2D eigenvalue weighted by Gasteiger charge is 2.23. The maximum Gasteiger partial charge on any atom is 0.206 e. The van der Waals surface area contributed by atoms with E-state index in [-0.39, 0.29) is 11.0 Å². The lowest BCUT2D eigenvalue weighted by Crippen LogP contribution is -2.05. The highest BCUT2D eigenvalue weighted by Crippen LogP contribution is 2.24. The second-order valence-electron chi connectivity index (χ2n) is 5.24. The molecule has 0 amide bonds. The molecular formula is C17H18O4S. The zero-order valence-corrected chi connectivity index (χ0v) is 13.2. The molecule has 1 fully saturated rings. The van der Waals surface area contributed by atoms with Gasteiger partial charge in [0.15, 0.2) is 0 Å². The first-order valence-electron chi connectivity index (χ1n) is 7.28. The van der Waals surface area contributed by atoms with E-state index in [0.717, 1.165) is 18.6 Å². The van der Waals surface area contributed by atoms with Gasteiger partial charge >= 0.3 is 0 Å². The van der Waals surface area contributed by atoms with Gasteiger partial charge in [-0.25, -0.2) is 8.42 Å². The van der Waals surface area contributed by atoms with Gasteiger partial charge in [-0.3, -0.25) is 0 Å². The van der Waals surface area contributed by atoms with E-state index in [4.69, 9.17) is 9.47 Å². The Bertz CT molecular complexity index is 729. The lowest BCUT2D eigenvalue weighted by atomic mass is 10.2. The Morgan fingerprint density at radius 1 is 1.05 bits per heavy atom. The fraction of sp³-hybridized carbons (Fsp3) is 0.294. The number of hydrogen-bond donors (Lipinski definition) is 0. The lowest BCUT2D eigenvalue weighted by molar-refractivity contribution is 0.263. The summed E-state index contributed by atoms with van der Waals surface area (Å²) in [5.41, 5.74) is 1.12. The quantitative estimate of drug-likeness (QED) is 0.769. The van der Waals surface area contributed by atoms with Gasteiger partial charge in [0.1, 0.15) is 18.5 Å². The molecule has 1 heterocycles. The minimum absolute atomic E-state index is 0.181. The summed E-state index contributed by atoms with van der Waals surface area (Å²) >= 11 is 0. The molecule has 1 aliphatic heterocycles. The molecule has 4 nitrogen and oxygen atoms in total. The molecule has 2 aromatic carbocycles. The van der Waals surface area contributed by atoms with Crippen LogP contribution < -0.4 is 4.74 Å². The molecular weight excluding hydrogens is 300 g/mol. The van der Waals surface area contributed by atoms with Crippen LogP contribution in [0.15, 0.2) is 58.3 Å². The largest absolute Gasteiger partial charge is 0.491 e. The fourth-order valence-corrected chi connectivity index (χ4v) is 3.37. The van der Waals surface area contributed by atoms with Gasteiger partial charge in [0, 0.05) is 0 Å². The van der Waals surface area contributed by atoms with Gasteiger partial charge < -0.3 is 9.47 Å². The minimum Gasteiger partial charge on any atom is -0.491 e. The van der Waals surface area contributed by atoms with Crippen LogP contribution >= 0.6 is 0 Å². The Morgan fingerprint density at radius 3 is 2.09 bits per heavy atom. The minimum atomic E-state index is -3.48. The lowest BCUT2D eigenvalue weighted by Gasteiger charge is -2.08. The van der Waals surface area contributed by atoms with Crippen LogP contribution in [0.4, 0.5) is 0 Å². The van der Waals surface area contributed by atoms with E-state index >= 15 is 0 Å². The van der Waals surface area contributed by atoms with Crippen molar-refractivity contribution in [3.05, 3.63) is 54.1 Å². The van der Waals surface area contributed by atoms with E-state index in [9.17, 15) is 8.42 Å². The summed E-state index contributed by atoms with van der Waals surface area (Å²) in [4.78, 5) is 0.580. The van der Waals surface area contributed by atoms with Crippen molar-refractivity contribution in [3.8, 4) is 5.75 Å². The number of benzene rings is 2. The first-order chi connectivity index (χ1) is 10.6. The molecule has 1 aliphatic rings. The Morgan fingerprint density at radius 2 is 1.59 bits per heavy atom. The van der Waals surface area contributed by atoms with Crippen LogP contribution in [0.3, 0.4) is 0 Å². The third kappa shape index (κ3) is 3.31. The van der Waals surface area contributed by atoms with Crippen molar-refractivity contribution >= 4 is 9.84 Å². The Kier molecular flexibility index (Phi) is 4.18. The van der Waals surface area contributed by atoms with Crippen LogP contribution in [0.5, 0.6) is 5.75 Å². The van der Waals surface area contributed by atoms with Crippen molar-refractivity contribution in [2.45, 2.75) is 29.2 Å². The predicted molar refractivity (Wildman–Crippen MR) is 82.9 cm³/mol. The maximum atomic E-state index is 12.6. The average Bonchev–Trinajstić information content (AvgIpc) is 3.38. The molecule has 22 heavy (non-hydrogen) atoms. The molecule has 5 heteroatoms. The second-order valence-corrected chi connectivity index (χ2v) is 7.19. The number of hydrogen-bond acceptors (Lipinski definition) is 4. The monoisotopic (exact) mass is 318 g/mol. The van der Waals surface area contributed by atoms with E-state index in [1.807, 2.05) is 19.1 Å². The Hall–Kier alpha value is -1.85. The normalized spacial score (nSPS) is 17.2. The zero-order valence-electron chi connectivity index (χ0n) is 12.4. The van der Waals surface area contributed by atoms with E-state index in [0.29, 0.717) is 17.3 Å². The molecule has 1 atom stereocenters. The van der Waals surface area contributed by atoms with Crippen molar-refractivity contribution in [3.63, 3.8) is 0 Å². The zero-order chi connectivity index (χ0) is 15.6. The van der Waals surface area contributed by atoms with Crippen LogP contribution in [-0.4, -0.2) is 27.7 Å². The van der Waals surface area contributed by atoms with Gasteiger partial charge in [0.05, 0.1) is 16.4 Å². The van der Waals surface area contributed by atoms with Crippen molar-refractivity contribution in [2.24, 2.45) is 0 Å². The molecule has 1 unspecified atom stereocenters.